The number of rotatable bonds is 5. The number of amides is 1. The molecule has 1 amide bonds. The van der Waals surface area contributed by atoms with Crippen molar-refractivity contribution in [1.29, 1.82) is 0 Å². The summed E-state index contributed by atoms with van der Waals surface area (Å²) >= 11 is 8.47. The summed E-state index contributed by atoms with van der Waals surface area (Å²) in [5.41, 5.74) is 4.12. The minimum atomic E-state index is -0.436. The van der Waals surface area contributed by atoms with Crippen molar-refractivity contribution in [1.82, 2.24) is 24.4 Å². The maximum Gasteiger partial charge on any atom is 0.355 e. The highest BCUT2D eigenvalue weighted by atomic mass is 35.5. The number of hydrogen-bond acceptors (Lipinski definition) is 7. The standard InChI is InChI=1S/C30H33ClN6O2S/c1-8-23(38)35-14-20(7)36(15-19(35)6)28-21-13-22(31)25(27-18(5)10-12-40-27)33-29(21)37(30(39)34-28)26-17(4)9-11-32-24(26)16(2)3/h8-13,16,19-20H,1,14-15H2,2-7H3/t19-,20+/m1/s1. The second-order valence-electron chi connectivity index (χ2n) is 10.7. The zero-order chi connectivity index (χ0) is 28.9. The lowest BCUT2D eigenvalue weighted by molar-refractivity contribution is -0.128. The summed E-state index contributed by atoms with van der Waals surface area (Å²) in [5, 5.41) is 3.16. The molecule has 10 heteroatoms. The number of pyridine rings is 2. The van der Waals surface area contributed by atoms with Crippen LogP contribution in [0.3, 0.4) is 0 Å². The predicted octanol–water partition coefficient (Wildman–Crippen LogP) is 5.91. The zero-order valence-corrected chi connectivity index (χ0v) is 25.2. The van der Waals surface area contributed by atoms with E-state index in [9.17, 15) is 9.59 Å². The molecule has 40 heavy (non-hydrogen) atoms. The largest absolute Gasteiger partial charge is 0.355 e. The van der Waals surface area contributed by atoms with Crippen molar-refractivity contribution in [3.63, 3.8) is 0 Å². The fourth-order valence-electron chi connectivity index (χ4n) is 5.43. The Balaban J connectivity index is 1.82. The first-order chi connectivity index (χ1) is 19.0. The smallest absolute Gasteiger partial charge is 0.349 e. The number of aromatic nitrogens is 4. The van der Waals surface area contributed by atoms with Gasteiger partial charge in [-0.3, -0.25) is 9.78 Å². The van der Waals surface area contributed by atoms with Gasteiger partial charge in [0, 0.05) is 31.4 Å². The number of hydrogen-bond donors (Lipinski definition) is 0. The van der Waals surface area contributed by atoms with Crippen LogP contribution >= 0.6 is 22.9 Å². The van der Waals surface area contributed by atoms with Gasteiger partial charge in [-0.15, -0.1) is 11.3 Å². The molecule has 0 aliphatic carbocycles. The Kier molecular flexibility index (Phi) is 7.54. The van der Waals surface area contributed by atoms with Crippen LogP contribution in [0.1, 0.15) is 50.4 Å². The minimum Gasteiger partial charge on any atom is -0.349 e. The van der Waals surface area contributed by atoms with Crippen molar-refractivity contribution < 1.29 is 4.79 Å². The monoisotopic (exact) mass is 576 g/mol. The molecule has 1 fully saturated rings. The first-order valence-corrected chi connectivity index (χ1v) is 14.6. The van der Waals surface area contributed by atoms with Crippen molar-refractivity contribution in [2.45, 2.75) is 59.5 Å². The quantitative estimate of drug-likeness (QED) is 0.275. The van der Waals surface area contributed by atoms with E-state index in [2.05, 4.69) is 35.3 Å². The third kappa shape index (κ3) is 4.71. The number of aryl methyl sites for hydroxylation is 2. The summed E-state index contributed by atoms with van der Waals surface area (Å²) in [7, 11) is 0. The third-order valence-electron chi connectivity index (χ3n) is 7.52. The molecule has 4 aromatic heterocycles. The van der Waals surface area contributed by atoms with Gasteiger partial charge in [-0.25, -0.2) is 14.3 Å². The van der Waals surface area contributed by atoms with Gasteiger partial charge in [0.05, 0.1) is 26.7 Å². The van der Waals surface area contributed by atoms with E-state index in [1.54, 1.807) is 27.0 Å². The molecule has 0 saturated carbocycles. The Hall–Kier alpha value is -3.56. The van der Waals surface area contributed by atoms with E-state index >= 15 is 0 Å². The highest BCUT2D eigenvalue weighted by molar-refractivity contribution is 7.13. The lowest BCUT2D eigenvalue weighted by Crippen LogP contribution is -2.58. The van der Waals surface area contributed by atoms with Crippen LogP contribution in [0.2, 0.25) is 5.02 Å². The van der Waals surface area contributed by atoms with Gasteiger partial charge in [-0.05, 0) is 74.4 Å². The molecule has 1 saturated heterocycles. The molecule has 4 aromatic rings. The Morgan fingerprint density at radius 3 is 2.55 bits per heavy atom. The van der Waals surface area contributed by atoms with E-state index in [0.29, 0.717) is 46.3 Å². The Morgan fingerprint density at radius 1 is 1.15 bits per heavy atom. The van der Waals surface area contributed by atoms with Crippen LogP contribution in [0, 0.1) is 13.8 Å². The highest BCUT2D eigenvalue weighted by Gasteiger charge is 2.34. The number of piperazine rings is 1. The third-order valence-corrected chi connectivity index (χ3v) is 8.83. The van der Waals surface area contributed by atoms with Gasteiger partial charge in [0.1, 0.15) is 11.5 Å². The summed E-state index contributed by atoms with van der Waals surface area (Å²) in [6.45, 7) is 16.7. The van der Waals surface area contributed by atoms with Gasteiger partial charge in [-0.1, -0.05) is 32.0 Å². The molecule has 8 nitrogen and oxygen atoms in total. The summed E-state index contributed by atoms with van der Waals surface area (Å²) in [6.07, 6.45) is 3.11. The average Bonchev–Trinajstić information content (AvgIpc) is 3.34. The molecular formula is C30H33ClN6O2S. The molecule has 0 N–H and O–H groups in total. The van der Waals surface area contributed by atoms with Crippen LogP contribution in [0.25, 0.3) is 27.3 Å². The number of carbonyl (C=O) groups is 1. The Bertz CT molecular complexity index is 1690. The maximum atomic E-state index is 14.0. The molecule has 2 atom stereocenters. The summed E-state index contributed by atoms with van der Waals surface area (Å²) in [6, 6.07) is 5.59. The SMILES string of the molecule is C=CC(=O)N1C[C@H](C)N(c2nc(=O)n(-c3c(C)ccnc3C(C)C)c3nc(-c4sccc4C)c(Cl)cc23)C[C@H]1C. The van der Waals surface area contributed by atoms with Crippen molar-refractivity contribution >= 4 is 45.7 Å². The number of halogens is 1. The zero-order valence-electron chi connectivity index (χ0n) is 23.6. The van der Waals surface area contributed by atoms with E-state index in [-0.39, 0.29) is 23.9 Å². The van der Waals surface area contributed by atoms with Crippen molar-refractivity contribution in [3.8, 4) is 16.3 Å². The van der Waals surface area contributed by atoms with Gasteiger partial charge in [0.2, 0.25) is 5.91 Å². The van der Waals surface area contributed by atoms with Crippen LogP contribution in [0.15, 0.2) is 47.2 Å². The number of anilines is 1. The lowest BCUT2D eigenvalue weighted by atomic mass is 10.0. The molecule has 1 aliphatic heterocycles. The van der Waals surface area contributed by atoms with Gasteiger partial charge in [-0.2, -0.15) is 4.98 Å². The highest BCUT2D eigenvalue weighted by Crippen LogP contribution is 2.38. The number of thiophene rings is 1. The molecule has 1 aliphatic rings. The van der Waals surface area contributed by atoms with E-state index in [1.165, 1.54) is 6.08 Å². The van der Waals surface area contributed by atoms with Crippen LogP contribution in [0.5, 0.6) is 0 Å². The fourth-order valence-corrected chi connectivity index (χ4v) is 6.66. The first kappa shape index (κ1) is 28.0. The van der Waals surface area contributed by atoms with Crippen molar-refractivity contribution in [2.24, 2.45) is 0 Å². The van der Waals surface area contributed by atoms with Crippen LogP contribution in [-0.4, -0.2) is 55.5 Å². The van der Waals surface area contributed by atoms with Crippen LogP contribution in [0.4, 0.5) is 5.82 Å². The summed E-state index contributed by atoms with van der Waals surface area (Å²) < 4.78 is 1.59. The summed E-state index contributed by atoms with van der Waals surface area (Å²) in [5.74, 6) is 0.471. The first-order valence-electron chi connectivity index (χ1n) is 13.4. The number of nitrogens with zero attached hydrogens (tertiary/aromatic N) is 6. The fraction of sp³-hybridized carbons (Fsp3) is 0.367. The average molecular weight is 577 g/mol. The van der Waals surface area contributed by atoms with E-state index in [1.807, 2.05) is 51.3 Å². The molecule has 0 spiro atoms. The van der Waals surface area contributed by atoms with Gasteiger partial charge in [0.15, 0.2) is 5.65 Å². The molecule has 208 valence electrons. The Morgan fingerprint density at radius 2 is 1.90 bits per heavy atom. The maximum absolute atomic E-state index is 14.0. The molecule has 5 rings (SSSR count). The molecular weight excluding hydrogens is 544 g/mol. The molecule has 0 bridgehead atoms. The minimum absolute atomic E-state index is 0.0687. The second kappa shape index (κ2) is 10.8. The predicted molar refractivity (Wildman–Crippen MR) is 163 cm³/mol. The molecule has 0 aromatic carbocycles. The lowest BCUT2D eigenvalue weighted by Gasteiger charge is -2.44. The topological polar surface area (TPSA) is 84.2 Å². The van der Waals surface area contributed by atoms with Crippen LogP contribution in [-0.2, 0) is 4.79 Å². The number of fused-ring (bicyclic) bond motifs is 1. The van der Waals surface area contributed by atoms with Crippen molar-refractivity contribution in [3.05, 3.63) is 74.8 Å². The van der Waals surface area contributed by atoms with Gasteiger partial charge >= 0.3 is 5.69 Å². The molecule has 0 unspecified atom stereocenters. The van der Waals surface area contributed by atoms with Crippen LogP contribution < -0.4 is 10.6 Å². The second-order valence-corrected chi connectivity index (χ2v) is 12.1. The van der Waals surface area contributed by atoms with Gasteiger partial charge < -0.3 is 9.80 Å². The van der Waals surface area contributed by atoms with E-state index in [4.69, 9.17) is 16.6 Å². The summed E-state index contributed by atoms with van der Waals surface area (Å²) in [4.78, 5) is 45.7. The normalized spacial score (nSPS) is 17.6. The number of carbonyl (C=O) groups excluding carboxylic acids is 1. The van der Waals surface area contributed by atoms with E-state index < -0.39 is 5.69 Å². The van der Waals surface area contributed by atoms with E-state index in [0.717, 1.165) is 21.7 Å². The van der Waals surface area contributed by atoms with Crippen molar-refractivity contribution in [2.75, 3.05) is 18.0 Å². The van der Waals surface area contributed by atoms with Gasteiger partial charge in [0.25, 0.3) is 0 Å². The Labute approximate surface area is 243 Å². The molecule has 5 heterocycles. The molecule has 0 radical (unpaired) electrons.